The number of thiocarbonyl (C=S) groups is 1. The van der Waals surface area contributed by atoms with E-state index in [9.17, 15) is 0 Å². The quantitative estimate of drug-likeness (QED) is 0.837. The molecule has 3 nitrogen and oxygen atoms in total. The Kier molecular flexibility index (Phi) is 4.11. The molecule has 5 heteroatoms. The summed E-state index contributed by atoms with van der Waals surface area (Å²) in [5.74, 6) is 0. The molecule has 0 amide bonds. The lowest BCUT2D eigenvalue weighted by Gasteiger charge is -2.15. The Morgan fingerprint density at radius 3 is 2.60 bits per heavy atom. The number of aryl methyl sites for hydroxylation is 1. The Balaban J connectivity index is 2.35. The lowest BCUT2D eigenvalue weighted by Crippen LogP contribution is -2.13. The van der Waals surface area contributed by atoms with Gasteiger partial charge < -0.3 is 11.1 Å². The standard InChI is InChI=1S/C15H19N3S2/c1-9-6-5-7-10(13(16)19)12(9)18-14-17-11(8-20-14)15(2,3)4/h5-8H,1-4H3,(H2,16,19)(H,17,18). The maximum Gasteiger partial charge on any atom is 0.187 e. The lowest BCUT2D eigenvalue weighted by atomic mass is 9.93. The molecule has 1 aromatic carbocycles. The summed E-state index contributed by atoms with van der Waals surface area (Å²) in [7, 11) is 0. The molecule has 0 aliphatic heterocycles. The smallest absolute Gasteiger partial charge is 0.187 e. The highest BCUT2D eigenvalue weighted by Crippen LogP contribution is 2.30. The first kappa shape index (κ1) is 14.9. The summed E-state index contributed by atoms with van der Waals surface area (Å²) in [6.07, 6.45) is 0. The molecule has 106 valence electrons. The summed E-state index contributed by atoms with van der Waals surface area (Å²) >= 11 is 6.70. The van der Waals surface area contributed by atoms with E-state index in [1.54, 1.807) is 11.3 Å². The predicted octanol–water partition coefficient (Wildman–Crippen LogP) is 4.13. The Bertz CT molecular complexity index is 639. The zero-order valence-electron chi connectivity index (χ0n) is 12.2. The van der Waals surface area contributed by atoms with Crippen LogP contribution in [0, 0.1) is 6.92 Å². The molecule has 0 unspecified atom stereocenters. The summed E-state index contributed by atoms with van der Waals surface area (Å²) in [5, 5.41) is 6.30. The first-order chi connectivity index (χ1) is 9.29. The molecule has 2 aromatic rings. The summed E-state index contributed by atoms with van der Waals surface area (Å²) < 4.78 is 0. The summed E-state index contributed by atoms with van der Waals surface area (Å²) in [4.78, 5) is 5.03. The van der Waals surface area contributed by atoms with Gasteiger partial charge in [-0.2, -0.15) is 0 Å². The number of nitrogens with zero attached hydrogens (tertiary/aromatic N) is 1. The number of aromatic nitrogens is 1. The van der Waals surface area contributed by atoms with Gasteiger partial charge in [-0.3, -0.25) is 0 Å². The fourth-order valence-electron chi connectivity index (χ4n) is 1.82. The van der Waals surface area contributed by atoms with Crippen LogP contribution in [0.15, 0.2) is 23.6 Å². The second-order valence-corrected chi connectivity index (χ2v) is 7.07. The summed E-state index contributed by atoms with van der Waals surface area (Å²) in [6, 6.07) is 5.91. The van der Waals surface area contributed by atoms with E-state index >= 15 is 0 Å². The molecule has 0 saturated heterocycles. The Hall–Kier alpha value is -1.46. The van der Waals surface area contributed by atoms with E-state index in [2.05, 4.69) is 36.5 Å². The fraction of sp³-hybridized carbons (Fsp3) is 0.333. The molecule has 0 radical (unpaired) electrons. The van der Waals surface area contributed by atoms with Crippen molar-refractivity contribution < 1.29 is 0 Å². The van der Waals surface area contributed by atoms with Gasteiger partial charge in [0.05, 0.1) is 11.4 Å². The molecule has 3 N–H and O–H groups in total. The van der Waals surface area contributed by atoms with Crippen molar-refractivity contribution in [1.29, 1.82) is 0 Å². The Morgan fingerprint density at radius 1 is 1.35 bits per heavy atom. The van der Waals surface area contributed by atoms with Gasteiger partial charge >= 0.3 is 0 Å². The minimum absolute atomic E-state index is 0.0498. The number of thiazole rings is 1. The highest BCUT2D eigenvalue weighted by atomic mass is 32.1. The average molecular weight is 305 g/mol. The molecule has 0 bridgehead atoms. The SMILES string of the molecule is Cc1cccc(C(N)=S)c1Nc1nc(C(C)(C)C)cs1. The number of hydrogen-bond donors (Lipinski definition) is 2. The van der Waals surface area contributed by atoms with Crippen LogP contribution in [-0.2, 0) is 5.41 Å². The molecule has 1 heterocycles. The van der Waals surface area contributed by atoms with E-state index in [0.29, 0.717) is 4.99 Å². The molecular weight excluding hydrogens is 286 g/mol. The summed E-state index contributed by atoms with van der Waals surface area (Å²) in [6.45, 7) is 8.49. The first-order valence-corrected chi connectivity index (χ1v) is 7.70. The largest absolute Gasteiger partial charge is 0.389 e. The van der Waals surface area contributed by atoms with E-state index in [1.807, 2.05) is 25.1 Å². The molecular formula is C15H19N3S2. The molecule has 0 aliphatic carbocycles. The van der Waals surface area contributed by atoms with Crippen molar-refractivity contribution in [2.75, 3.05) is 5.32 Å². The van der Waals surface area contributed by atoms with E-state index in [4.69, 9.17) is 18.0 Å². The number of nitrogens with one attached hydrogen (secondary N) is 1. The monoisotopic (exact) mass is 305 g/mol. The normalized spacial score (nSPS) is 11.4. The van der Waals surface area contributed by atoms with Crippen LogP contribution < -0.4 is 11.1 Å². The lowest BCUT2D eigenvalue weighted by molar-refractivity contribution is 0.573. The van der Waals surface area contributed by atoms with Crippen LogP contribution in [0.3, 0.4) is 0 Å². The maximum absolute atomic E-state index is 5.79. The highest BCUT2D eigenvalue weighted by molar-refractivity contribution is 7.80. The van der Waals surface area contributed by atoms with Crippen LogP contribution in [0.1, 0.15) is 37.6 Å². The van der Waals surface area contributed by atoms with Crippen LogP contribution in [0.25, 0.3) is 0 Å². The fourth-order valence-corrected chi connectivity index (χ4v) is 2.93. The van der Waals surface area contributed by atoms with Gasteiger partial charge in [-0.25, -0.2) is 4.98 Å². The second kappa shape index (κ2) is 5.50. The van der Waals surface area contributed by atoms with Gasteiger partial charge in [-0.15, -0.1) is 11.3 Å². The van der Waals surface area contributed by atoms with Crippen molar-refractivity contribution in [3.8, 4) is 0 Å². The van der Waals surface area contributed by atoms with E-state index < -0.39 is 0 Å². The number of para-hydroxylation sites is 1. The van der Waals surface area contributed by atoms with Gasteiger partial charge in [0.2, 0.25) is 0 Å². The third kappa shape index (κ3) is 3.16. The zero-order valence-corrected chi connectivity index (χ0v) is 13.8. The van der Waals surface area contributed by atoms with Crippen molar-refractivity contribution in [3.63, 3.8) is 0 Å². The third-order valence-electron chi connectivity index (χ3n) is 3.04. The topological polar surface area (TPSA) is 50.9 Å². The summed E-state index contributed by atoms with van der Waals surface area (Å²) in [5.41, 5.74) is 9.81. The highest BCUT2D eigenvalue weighted by Gasteiger charge is 2.18. The zero-order chi connectivity index (χ0) is 14.9. The molecule has 1 aromatic heterocycles. The van der Waals surface area contributed by atoms with Crippen LogP contribution in [0.4, 0.5) is 10.8 Å². The number of nitrogens with two attached hydrogens (primary N) is 1. The molecule has 20 heavy (non-hydrogen) atoms. The van der Waals surface area contributed by atoms with Crippen LogP contribution in [-0.4, -0.2) is 9.97 Å². The van der Waals surface area contributed by atoms with Crippen LogP contribution >= 0.6 is 23.6 Å². The van der Waals surface area contributed by atoms with Crippen LogP contribution in [0.2, 0.25) is 0 Å². The van der Waals surface area contributed by atoms with Crippen molar-refractivity contribution in [2.24, 2.45) is 5.73 Å². The van der Waals surface area contributed by atoms with Gasteiger partial charge in [0.1, 0.15) is 4.99 Å². The average Bonchev–Trinajstić information content (AvgIpc) is 2.79. The Labute approximate surface area is 129 Å². The van der Waals surface area contributed by atoms with Crippen molar-refractivity contribution in [1.82, 2.24) is 4.98 Å². The molecule has 0 fully saturated rings. The molecule has 2 rings (SSSR count). The first-order valence-electron chi connectivity index (χ1n) is 6.41. The minimum atomic E-state index is 0.0498. The van der Waals surface area contributed by atoms with E-state index in [1.165, 1.54) is 0 Å². The predicted molar refractivity (Wildman–Crippen MR) is 91.2 cm³/mol. The van der Waals surface area contributed by atoms with Gasteiger partial charge in [0.25, 0.3) is 0 Å². The van der Waals surface area contributed by atoms with Crippen LogP contribution in [0.5, 0.6) is 0 Å². The minimum Gasteiger partial charge on any atom is -0.389 e. The van der Waals surface area contributed by atoms with Gasteiger partial charge in [-0.05, 0) is 18.6 Å². The van der Waals surface area contributed by atoms with Gasteiger partial charge in [0, 0.05) is 16.4 Å². The van der Waals surface area contributed by atoms with E-state index in [0.717, 1.165) is 27.6 Å². The maximum atomic E-state index is 5.79. The molecule has 0 spiro atoms. The van der Waals surface area contributed by atoms with Crippen molar-refractivity contribution in [2.45, 2.75) is 33.1 Å². The molecule has 0 aliphatic rings. The van der Waals surface area contributed by atoms with Gasteiger partial charge in [0.15, 0.2) is 5.13 Å². The number of rotatable bonds is 3. The van der Waals surface area contributed by atoms with Crippen molar-refractivity contribution >= 4 is 39.4 Å². The molecule has 0 saturated carbocycles. The van der Waals surface area contributed by atoms with Crippen molar-refractivity contribution in [3.05, 3.63) is 40.4 Å². The van der Waals surface area contributed by atoms with Gasteiger partial charge in [-0.1, -0.05) is 45.1 Å². The van der Waals surface area contributed by atoms with E-state index in [-0.39, 0.29) is 5.41 Å². The Morgan fingerprint density at radius 2 is 2.05 bits per heavy atom. The third-order valence-corrected chi connectivity index (χ3v) is 4.02. The molecule has 0 atom stereocenters. The number of benzene rings is 1. The number of hydrogen-bond acceptors (Lipinski definition) is 4. The number of anilines is 2. The second-order valence-electron chi connectivity index (χ2n) is 5.77.